The lowest BCUT2D eigenvalue weighted by molar-refractivity contribution is 0.0898. The molecule has 3 heterocycles. The van der Waals surface area contributed by atoms with Gasteiger partial charge in [-0.25, -0.2) is 8.42 Å². The van der Waals surface area contributed by atoms with Gasteiger partial charge in [0.1, 0.15) is 0 Å². The number of ether oxygens (including phenoxy) is 1. The number of nitrogens with one attached hydrogen (secondary N) is 1. The first-order valence-electron chi connectivity index (χ1n) is 10.2. The number of rotatable bonds is 4. The molecule has 0 spiro atoms. The molecule has 0 saturated carbocycles. The van der Waals surface area contributed by atoms with Gasteiger partial charge in [-0.15, -0.1) is 0 Å². The van der Waals surface area contributed by atoms with Crippen LogP contribution in [-0.4, -0.2) is 82.2 Å². The maximum atomic E-state index is 12.6. The molecule has 8 heteroatoms. The molecule has 3 saturated heterocycles. The molecule has 0 radical (unpaired) electrons. The minimum Gasteiger partial charge on any atom is -0.378 e. The summed E-state index contributed by atoms with van der Waals surface area (Å²) in [7, 11) is -2.85. The van der Waals surface area contributed by atoms with Crippen LogP contribution in [0.4, 0.5) is 5.69 Å². The summed E-state index contributed by atoms with van der Waals surface area (Å²) in [6.07, 6.45) is 2.48. The zero-order chi connectivity index (χ0) is 19.6. The van der Waals surface area contributed by atoms with Crippen molar-refractivity contribution in [3.05, 3.63) is 29.8 Å². The van der Waals surface area contributed by atoms with Crippen LogP contribution in [0.3, 0.4) is 0 Å². The van der Waals surface area contributed by atoms with Crippen molar-refractivity contribution >= 4 is 21.4 Å². The SMILES string of the molecule is O=C(NC1CCN([C@H]2CCS(=O)(=O)C2)CC1)c1ccc(N2CCOCC2)cc1. The summed E-state index contributed by atoms with van der Waals surface area (Å²) in [6, 6.07) is 8.10. The monoisotopic (exact) mass is 407 g/mol. The molecule has 7 nitrogen and oxygen atoms in total. The number of amides is 1. The predicted molar refractivity (Wildman–Crippen MR) is 109 cm³/mol. The van der Waals surface area contributed by atoms with Gasteiger partial charge in [-0.2, -0.15) is 0 Å². The lowest BCUT2D eigenvalue weighted by atomic mass is 10.0. The zero-order valence-corrected chi connectivity index (χ0v) is 17.0. The predicted octanol–water partition coefficient (Wildman–Crippen LogP) is 0.905. The maximum Gasteiger partial charge on any atom is 0.251 e. The normalized spacial score (nSPS) is 26.3. The molecule has 1 N–H and O–H groups in total. The zero-order valence-electron chi connectivity index (χ0n) is 16.2. The largest absolute Gasteiger partial charge is 0.378 e. The first-order chi connectivity index (χ1) is 13.5. The van der Waals surface area contributed by atoms with Gasteiger partial charge in [0.25, 0.3) is 5.91 Å². The minimum absolute atomic E-state index is 0.0320. The second-order valence-corrected chi connectivity index (χ2v) is 10.2. The lowest BCUT2D eigenvalue weighted by Crippen LogP contribution is -2.48. The summed E-state index contributed by atoms with van der Waals surface area (Å²) in [5.41, 5.74) is 1.81. The van der Waals surface area contributed by atoms with Crippen LogP contribution in [0.2, 0.25) is 0 Å². The fourth-order valence-corrected chi connectivity index (χ4v) is 6.15. The number of hydrogen-bond acceptors (Lipinski definition) is 6. The number of piperidine rings is 1. The van der Waals surface area contributed by atoms with E-state index in [1.807, 2.05) is 24.3 Å². The number of benzene rings is 1. The highest BCUT2D eigenvalue weighted by atomic mass is 32.2. The molecule has 154 valence electrons. The van der Waals surface area contributed by atoms with Crippen LogP contribution in [0.5, 0.6) is 0 Å². The van der Waals surface area contributed by atoms with Crippen LogP contribution in [0.1, 0.15) is 29.6 Å². The fraction of sp³-hybridized carbons (Fsp3) is 0.650. The Balaban J connectivity index is 1.26. The van der Waals surface area contributed by atoms with E-state index in [0.29, 0.717) is 17.1 Å². The Morgan fingerprint density at radius 3 is 2.29 bits per heavy atom. The average Bonchev–Trinajstić information content (AvgIpc) is 3.09. The van der Waals surface area contributed by atoms with Crippen LogP contribution < -0.4 is 10.2 Å². The van der Waals surface area contributed by atoms with Crippen molar-refractivity contribution in [3.8, 4) is 0 Å². The second kappa shape index (κ2) is 8.39. The van der Waals surface area contributed by atoms with E-state index in [2.05, 4.69) is 15.1 Å². The van der Waals surface area contributed by atoms with Gasteiger partial charge in [0.15, 0.2) is 9.84 Å². The number of carbonyl (C=O) groups excluding carboxylic acids is 1. The number of hydrogen-bond donors (Lipinski definition) is 1. The van der Waals surface area contributed by atoms with Crippen molar-refractivity contribution in [1.29, 1.82) is 0 Å². The van der Waals surface area contributed by atoms with Gasteiger partial charge in [0, 0.05) is 49.5 Å². The van der Waals surface area contributed by atoms with Gasteiger partial charge in [-0.1, -0.05) is 0 Å². The number of sulfone groups is 1. The molecule has 3 aliphatic heterocycles. The Morgan fingerprint density at radius 1 is 1.00 bits per heavy atom. The number of anilines is 1. The maximum absolute atomic E-state index is 12.6. The number of morpholine rings is 1. The van der Waals surface area contributed by atoms with Crippen molar-refractivity contribution in [2.75, 3.05) is 55.8 Å². The van der Waals surface area contributed by atoms with Crippen molar-refractivity contribution in [1.82, 2.24) is 10.2 Å². The molecule has 28 heavy (non-hydrogen) atoms. The molecule has 0 aromatic heterocycles. The topological polar surface area (TPSA) is 79.0 Å². The summed E-state index contributed by atoms with van der Waals surface area (Å²) in [6.45, 7) is 4.95. The van der Waals surface area contributed by atoms with Crippen molar-refractivity contribution in [2.45, 2.75) is 31.3 Å². The molecule has 1 aromatic rings. The van der Waals surface area contributed by atoms with E-state index in [9.17, 15) is 13.2 Å². The van der Waals surface area contributed by atoms with Crippen LogP contribution in [0.25, 0.3) is 0 Å². The minimum atomic E-state index is -2.85. The Labute approximate surface area is 166 Å². The Morgan fingerprint density at radius 2 is 1.68 bits per heavy atom. The number of carbonyl (C=O) groups is 1. The number of nitrogens with zero attached hydrogens (tertiary/aromatic N) is 2. The summed E-state index contributed by atoms with van der Waals surface area (Å²) in [5.74, 6) is 0.573. The van der Waals surface area contributed by atoms with Gasteiger partial charge in [-0.3, -0.25) is 9.69 Å². The smallest absolute Gasteiger partial charge is 0.251 e. The molecular weight excluding hydrogens is 378 g/mol. The summed E-state index contributed by atoms with van der Waals surface area (Å²) in [4.78, 5) is 17.1. The molecular formula is C20H29N3O4S. The van der Waals surface area contributed by atoms with Gasteiger partial charge in [0.2, 0.25) is 0 Å². The molecule has 1 amide bonds. The fourth-order valence-electron chi connectivity index (χ4n) is 4.39. The third-order valence-corrected chi connectivity index (χ3v) is 7.85. The lowest BCUT2D eigenvalue weighted by Gasteiger charge is -2.35. The van der Waals surface area contributed by atoms with Gasteiger partial charge < -0.3 is 15.0 Å². The average molecular weight is 408 g/mol. The van der Waals surface area contributed by atoms with E-state index in [4.69, 9.17) is 4.74 Å². The highest BCUT2D eigenvalue weighted by molar-refractivity contribution is 7.91. The number of likely N-dealkylation sites (tertiary alicyclic amines) is 1. The van der Waals surface area contributed by atoms with Crippen molar-refractivity contribution < 1.29 is 17.9 Å². The van der Waals surface area contributed by atoms with E-state index >= 15 is 0 Å². The van der Waals surface area contributed by atoms with E-state index in [1.165, 1.54) is 0 Å². The molecule has 1 atom stereocenters. The van der Waals surface area contributed by atoms with Crippen LogP contribution in [0, 0.1) is 0 Å². The van der Waals surface area contributed by atoms with E-state index < -0.39 is 9.84 Å². The Hall–Kier alpha value is -1.64. The third-order valence-electron chi connectivity index (χ3n) is 6.10. The van der Waals surface area contributed by atoms with Crippen molar-refractivity contribution in [2.24, 2.45) is 0 Å². The molecule has 0 aliphatic carbocycles. The summed E-state index contributed by atoms with van der Waals surface area (Å²) < 4.78 is 28.7. The molecule has 1 aromatic carbocycles. The van der Waals surface area contributed by atoms with Crippen molar-refractivity contribution in [3.63, 3.8) is 0 Å². The molecule has 0 unspecified atom stereocenters. The van der Waals surface area contributed by atoms with E-state index in [0.717, 1.165) is 64.3 Å². The first kappa shape index (κ1) is 19.7. The highest BCUT2D eigenvalue weighted by Crippen LogP contribution is 2.22. The molecule has 3 fully saturated rings. The summed E-state index contributed by atoms with van der Waals surface area (Å²) >= 11 is 0. The van der Waals surface area contributed by atoms with Crippen LogP contribution in [-0.2, 0) is 14.6 Å². The Kier molecular flexibility index (Phi) is 5.89. The van der Waals surface area contributed by atoms with E-state index in [-0.39, 0.29) is 18.0 Å². The molecule has 0 bridgehead atoms. The molecule has 4 rings (SSSR count). The molecule has 3 aliphatic rings. The van der Waals surface area contributed by atoms with Gasteiger partial charge in [-0.05, 0) is 43.5 Å². The quantitative estimate of drug-likeness (QED) is 0.799. The third kappa shape index (κ3) is 4.67. The standard InChI is InChI=1S/C20H29N3O4S/c24-20(16-1-3-18(4-2-16)23-10-12-27-13-11-23)21-17-5-8-22(9-6-17)19-7-14-28(25,26)15-19/h1-4,17,19H,5-15H2,(H,21,24)/t19-/m0/s1. The second-order valence-electron chi connectivity index (χ2n) is 7.99. The van der Waals surface area contributed by atoms with Crippen LogP contribution in [0.15, 0.2) is 24.3 Å². The highest BCUT2D eigenvalue weighted by Gasteiger charge is 2.34. The summed E-state index contributed by atoms with van der Waals surface area (Å²) in [5, 5.41) is 3.14. The first-order valence-corrected chi connectivity index (χ1v) is 12.0. The van der Waals surface area contributed by atoms with Gasteiger partial charge >= 0.3 is 0 Å². The van der Waals surface area contributed by atoms with Gasteiger partial charge in [0.05, 0.1) is 24.7 Å². The van der Waals surface area contributed by atoms with Crippen LogP contribution >= 0.6 is 0 Å². The Bertz CT molecular complexity index is 782. The van der Waals surface area contributed by atoms with E-state index in [1.54, 1.807) is 0 Å².